The van der Waals surface area contributed by atoms with Crippen LogP contribution in [0.3, 0.4) is 0 Å². The van der Waals surface area contributed by atoms with Crippen molar-refractivity contribution in [2.24, 2.45) is 5.92 Å². The Bertz CT molecular complexity index is 968. The normalized spacial score (nSPS) is 14.4. The van der Waals surface area contributed by atoms with Crippen LogP contribution in [-0.2, 0) is 11.4 Å². The van der Waals surface area contributed by atoms with Gasteiger partial charge in [-0.3, -0.25) is 4.79 Å². The Morgan fingerprint density at radius 1 is 0.967 bits per heavy atom. The number of carbonyl (C=O) groups excluding carboxylic acids is 1. The molecular weight excluding hydrogens is 396 g/mol. The smallest absolute Gasteiger partial charge is 0.227 e. The highest BCUT2D eigenvalue weighted by Crippen LogP contribution is 2.26. The van der Waals surface area contributed by atoms with Gasteiger partial charge in [-0.15, -0.1) is 0 Å². The minimum Gasteiger partial charge on any atom is -0.489 e. The zero-order valence-corrected chi connectivity index (χ0v) is 17.5. The molecule has 154 valence electrons. The number of carbonyl (C=O) groups is 1. The summed E-state index contributed by atoms with van der Waals surface area (Å²) < 4.78 is 5.80. The second-order valence-electron chi connectivity index (χ2n) is 7.53. The molecule has 0 atom stereocenters. The molecule has 4 nitrogen and oxygen atoms in total. The van der Waals surface area contributed by atoms with Crippen LogP contribution in [0, 0.1) is 5.92 Å². The molecular formula is C25H25ClN2O2. The molecule has 1 N–H and O–H groups in total. The third kappa shape index (κ3) is 5.33. The zero-order chi connectivity index (χ0) is 20.8. The van der Waals surface area contributed by atoms with Gasteiger partial charge in [0.05, 0.1) is 0 Å². The van der Waals surface area contributed by atoms with Crippen LogP contribution in [0.4, 0.5) is 11.4 Å². The molecule has 1 fully saturated rings. The third-order valence-electron chi connectivity index (χ3n) is 5.41. The lowest BCUT2D eigenvalue weighted by Gasteiger charge is -2.33. The molecule has 3 aromatic rings. The highest BCUT2D eigenvalue weighted by Gasteiger charge is 2.25. The van der Waals surface area contributed by atoms with Crippen molar-refractivity contribution < 1.29 is 9.53 Å². The average molecular weight is 421 g/mol. The number of piperidine rings is 1. The molecule has 1 heterocycles. The summed E-state index contributed by atoms with van der Waals surface area (Å²) in [5.74, 6) is 0.889. The van der Waals surface area contributed by atoms with Crippen molar-refractivity contribution in [3.05, 3.63) is 89.4 Å². The van der Waals surface area contributed by atoms with Gasteiger partial charge in [-0.25, -0.2) is 0 Å². The molecule has 0 saturated carbocycles. The van der Waals surface area contributed by atoms with Crippen molar-refractivity contribution in [3.8, 4) is 5.75 Å². The van der Waals surface area contributed by atoms with Gasteiger partial charge >= 0.3 is 0 Å². The number of hydrogen-bond acceptors (Lipinski definition) is 3. The van der Waals surface area contributed by atoms with Crippen LogP contribution >= 0.6 is 11.6 Å². The molecule has 0 aromatic heterocycles. The van der Waals surface area contributed by atoms with Gasteiger partial charge in [-0.1, -0.05) is 48.0 Å². The van der Waals surface area contributed by atoms with Gasteiger partial charge in [-0.2, -0.15) is 0 Å². The Morgan fingerprint density at radius 3 is 2.40 bits per heavy atom. The standard InChI is InChI=1S/C25H25ClN2O2/c26-21-7-4-8-23(17-21)28-15-13-20(14-16-28)25(29)27-22-9-11-24(12-10-22)30-18-19-5-2-1-3-6-19/h1-12,17,20H,13-16,18H2,(H,27,29). The van der Waals surface area contributed by atoms with Gasteiger partial charge in [0, 0.05) is 35.4 Å². The summed E-state index contributed by atoms with van der Waals surface area (Å²) in [6, 6.07) is 25.5. The lowest BCUT2D eigenvalue weighted by molar-refractivity contribution is -0.120. The molecule has 3 aromatic carbocycles. The van der Waals surface area contributed by atoms with Crippen LogP contribution in [0.15, 0.2) is 78.9 Å². The molecule has 0 spiro atoms. The van der Waals surface area contributed by atoms with Gasteiger partial charge in [0.1, 0.15) is 12.4 Å². The SMILES string of the molecule is O=C(Nc1ccc(OCc2ccccc2)cc1)C1CCN(c2cccc(Cl)c2)CC1. The van der Waals surface area contributed by atoms with Crippen molar-refractivity contribution in [2.45, 2.75) is 19.4 Å². The number of nitrogens with one attached hydrogen (secondary N) is 1. The molecule has 0 radical (unpaired) electrons. The Labute approximate surface area is 182 Å². The number of benzene rings is 3. The Hall–Kier alpha value is -2.98. The number of halogens is 1. The van der Waals surface area contributed by atoms with E-state index in [2.05, 4.69) is 16.3 Å². The summed E-state index contributed by atoms with van der Waals surface area (Å²) in [5, 5.41) is 3.78. The Kier molecular flexibility index (Phi) is 6.55. The van der Waals surface area contributed by atoms with Crippen LogP contribution in [0.5, 0.6) is 5.75 Å². The summed E-state index contributed by atoms with van der Waals surface area (Å²) in [6.07, 6.45) is 1.66. The monoisotopic (exact) mass is 420 g/mol. The molecule has 0 unspecified atom stereocenters. The topological polar surface area (TPSA) is 41.6 Å². The summed E-state index contributed by atoms with van der Waals surface area (Å²) in [5.41, 5.74) is 3.04. The van der Waals surface area contributed by atoms with Gasteiger partial charge in [0.15, 0.2) is 0 Å². The number of hydrogen-bond donors (Lipinski definition) is 1. The van der Waals surface area contributed by atoms with E-state index < -0.39 is 0 Å². The minimum absolute atomic E-state index is 0.0226. The summed E-state index contributed by atoms with van der Waals surface area (Å²) in [4.78, 5) is 15.0. The van der Waals surface area contributed by atoms with Crippen LogP contribution in [0.1, 0.15) is 18.4 Å². The van der Waals surface area contributed by atoms with Crippen molar-refractivity contribution in [1.29, 1.82) is 0 Å². The maximum Gasteiger partial charge on any atom is 0.227 e. The van der Waals surface area contributed by atoms with E-state index in [1.165, 1.54) is 0 Å². The fourth-order valence-corrected chi connectivity index (χ4v) is 3.88. The largest absolute Gasteiger partial charge is 0.489 e. The molecule has 1 amide bonds. The zero-order valence-electron chi connectivity index (χ0n) is 16.8. The second kappa shape index (κ2) is 9.68. The van der Waals surface area contributed by atoms with Crippen LogP contribution < -0.4 is 15.0 Å². The van der Waals surface area contributed by atoms with E-state index in [-0.39, 0.29) is 11.8 Å². The highest BCUT2D eigenvalue weighted by atomic mass is 35.5. The average Bonchev–Trinajstić information content (AvgIpc) is 2.79. The van der Waals surface area contributed by atoms with E-state index in [1.807, 2.05) is 72.8 Å². The Balaban J connectivity index is 1.26. The van der Waals surface area contributed by atoms with Crippen molar-refractivity contribution in [2.75, 3.05) is 23.3 Å². The van der Waals surface area contributed by atoms with E-state index in [9.17, 15) is 4.79 Å². The first-order chi connectivity index (χ1) is 14.7. The van der Waals surface area contributed by atoms with E-state index >= 15 is 0 Å². The van der Waals surface area contributed by atoms with E-state index in [1.54, 1.807) is 0 Å². The molecule has 0 aliphatic carbocycles. The van der Waals surface area contributed by atoms with E-state index in [0.717, 1.165) is 53.6 Å². The van der Waals surface area contributed by atoms with Gasteiger partial charge in [-0.05, 0) is 60.9 Å². The van der Waals surface area contributed by atoms with Crippen molar-refractivity contribution in [1.82, 2.24) is 0 Å². The quantitative estimate of drug-likeness (QED) is 0.550. The molecule has 30 heavy (non-hydrogen) atoms. The van der Waals surface area contributed by atoms with Gasteiger partial charge in [0.25, 0.3) is 0 Å². The Morgan fingerprint density at radius 2 is 1.70 bits per heavy atom. The van der Waals surface area contributed by atoms with Crippen LogP contribution in [0.2, 0.25) is 5.02 Å². The van der Waals surface area contributed by atoms with Crippen molar-refractivity contribution >= 4 is 28.9 Å². The van der Waals surface area contributed by atoms with Crippen LogP contribution in [-0.4, -0.2) is 19.0 Å². The second-order valence-corrected chi connectivity index (χ2v) is 7.97. The highest BCUT2D eigenvalue weighted by molar-refractivity contribution is 6.30. The first-order valence-corrected chi connectivity index (χ1v) is 10.6. The number of anilines is 2. The lowest BCUT2D eigenvalue weighted by atomic mass is 9.95. The number of amides is 1. The fourth-order valence-electron chi connectivity index (χ4n) is 3.69. The predicted octanol–water partition coefficient (Wildman–Crippen LogP) is 5.77. The fraction of sp³-hybridized carbons (Fsp3) is 0.240. The van der Waals surface area contributed by atoms with E-state index in [4.69, 9.17) is 16.3 Å². The predicted molar refractivity (Wildman–Crippen MR) is 122 cm³/mol. The van der Waals surface area contributed by atoms with Crippen molar-refractivity contribution in [3.63, 3.8) is 0 Å². The first-order valence-electron chi connectivity index (χ1n) is 10.3. The molecule has 0 bridgehead atoms. The van der Waals surface area contributed by atoms with Gasteiger partial charge in [0.2, 0.25) is 5.91 Å². The molecule has 4 rings (SSSR count). The minimum atomic E-state index is 0.0226. The third-order valence-corrected chi connectivity index (χ3v) is 5.64. The van der Waals surface area contributed by atoms with E-state index in [0.29, 0.717) is 6.61 Å². The number of ether oxygens (including phenoxy) is 1. The number of nitrogens with zero attached hydrogens (tertiary/aromatic N) is 1. The maximum absolute atomic E-state index is 12.7. The summed E-state index contributed by atoms with van der Waals surface area (Å²) in [6.45, 7) is 2.23. The number of rotatable bonds is 6. The summed E-state index contributed by atoms with van der Waals surface area (Å²) >= 11 is 6.10. The lowest BCUT2D eigenvalue weighted by Crippen LogP contribution is -2.38. The summed E-state index contributed by atoms with van der Waals surface area (Å²) in [7, 11) is 0. The molecule has 1 aliphatic heterocycles. The first kappa shape index (κ1) is 20.3. The molecule has 5 heteroatoms. The molecule has 1 saturated heterocycles. The van der Waals surface area contributed by atoms with Crippen LogP contribution in [0.25, 0.3) is 0 Å². The van der Waals surface area contributed by atoms with Gasteiger partial charge < -0.3 is 15.0 Å². The molecule has 1 aliphatic rings. The maximum atomic E-state index is 12.7.